The summed E-state index contributed by atoms with van der Waals surface area (Å²) < 4.78 is 3.58. The van der Waals surface area contributed by atoms with Crippen LogP contribution in [0.2, 0.25) is 0 Å². The van der Waals surface area contributed by atoms with Gasteiger partial charge in [-0.05, 0) is 6.07 Å². The van der Waals surface area contributed by atoms with Crippen LogP contribution in [0.15, 0.2) is 12.4 Å². The zero-order valence-corrected chi connectivity index (χ0v) is 10.4. The Morgan fingerprint density at radius 2 is 1.81 bits per heavy atom. The van der Waals surface area contributed by atoms with Crippen molar-refractivity contribution >= 4 is 0 Å². The van der Waals surface area contributed by atoms with Crippen LogP contribution in [-0.2, 0) is 19.5 Å². The smallest absolute Gasteiger partial charge is 0.201 e. The van der Waals surface area contributed by atoms with Crippen molar-refractivity contribution in [2.45, 2.75) is 26.2 Å². The van der Waals surface area contributed by atoms with Crippen LogP contribution in [0.4, 0.5) is 0 Å². The molecule has 0 spiro atoms. The Hall–Kier alpha value is -1.65. The van der Waals surface area contributed by atoms with E-state index in [0.717, 1.165) is 5.69 Å². The lowest BCUT2D eigenvalue weighted by molar-refractivity contribution is 0.523. The molecular weight excluding hydrogens is 202 g/mol. The van der Waals surface area contributed by atoms with Gasteiger partial charge in [-0.25, -0.2) is 4.98 Å². The Morgan fingerprint density at radius 3 is 2.25 bits per heavy atom. The van der Waals surface area contributed by atoms with E-state index in [1.54, 1.807) is 11.0 Å². The van der Waals surface area contributed by atoms with E-state index in [1.165, 1.54) is 5.69 Å². The van der Waals surface area contributed by atoms with E-state index in [2.05, 4.69) is 42.0 Å². The molecule has 0 radical (unpaired) electrons. The summed E-state index contributed by atoms with van der Waals surface area (Å²) in [6.45, 7) is 6.50. The first-order chi connectivity index (χ1) is 7.38. The van der Waals surface area contributed by atoms with Gasteiger partial charge >= 0.3 is 0 Å². The second-order valence-electron chi connectivity index (χ2n) is 5.03. The van der Waals surface area contributed by atoms with Crippen LogP contribution in [0, 0.1) is 0 Å². The van der Waals surface area contributed by atoms with Crippen LogP contribution >= 0.6 is 0 Å². The van der Waals surface area contributed by atoms with Gasteiger partial charge in [-0.3, -0.25) is 9.36 Å². The Morgan fingerprint density at radius 1 is 1.12 bits per heavy atom. The number of nitrogens with zero attached hydrogens (tertiary/aromatic N) is 5. The van der Waals surface area contributed by atoms with Gasteiger partial charge in [-0.15, -0.1) is 5.10 Å². The lowest BCUT2D eigenvalue weighted by atomic mass is 9.92. The minimum atomic E-state index is 0.0782. The zero-order chi connectivity index (χ0) is 11.9. The molecular formula is C11H17N5. The predicted molar refractivity (Wildman–Crippen MR) is 61.9 cm³/mol. The summed E-state index contributed by atoms with van der Waals surface area (Å²) in [5.41, 5.74) is 2.08. The van der Waals surface area contributed by atoms with Gasteiger partial charge in [-0.1, -0.05) is 20.8 Å². The second kappa shape index (κ2) is 3.43. The van der Waals surface area contributed by atoms with Gasteiger partial charge in [0.05, 0.1) is 0 Å². The normalized spacial score (nSPS) is 12.1. The van der Waals surface area contributed by atoms with Gasteiger partial charge in [0.2, 0.25) is 5.82 Å². The Labute approximate surface area is 95.1 Å². The molecule has 2 aromatic rings. The number of rotatable bonds is 1. The van der Waals surface area contributed by atoms with Crippen molar-refractivity contribution in [1.82, 2.24) is 24.5 Å². The van der Waals surface area contributed by atoms with Crippen LogP contribution < -0.4 is 0 Å². The van der Waals surface area contributed by atoms with Crippen molar-refractivity contribution in [3.8, 4) is 11.5 Å². The van der Waals surface area contributed by atoms with Gasteiger partial charge in [0, 0.05) is 25.2 Å². The van der Waals surface area contributed by atoms with Crippen molar-refractivity contribution in [2.75, 3.05) is 0 Å². The molecule has 0 N–H and O–H groups in total. The van der Waals surface area contributed by atoms with Crippen molar-refractivity contribution in [3.05, 3.63) is 18.1 Å². The fraction of sp³-hybridized carbons (Fsp3) is 0.545. The lowest BCUT2D eigenvalue weighted by Gasteiger charge is -2.17. The monoisotopic (exact) mass is 219 g/mol. The van der Waals surface area contributed by atoms with Crippen molar-refractivity contribution in [2.24, 2.45) is 14.1 Å². The molecule has 2 heterocycles. The molecule has 0 aromatic carbocycles. The Kier molecular flexibility index (Phi) is 2.33. The molecule has 2 aromatic heterocycles. The standard InChI is InChI=1S/C11H17N5/c1-11(2,3)9-6-8(13-16(9)5)10-12-7-15(4)14-10/h6-7H,1-5H3. The molecule has 16 heavy (non-hydrogen) atoms. The Bertz CT molecular complexity index is 501. The Balaban J connectivity index is 2.46. The first-order valence-corrected chi connectivity index (χ1v) is 5.28. The SMILES string of the molecule is Cn1cnc(-c2cc(C(C)(C)C)n(C)n2)n1. The van der Waals surface area contributed by atoms with Gasteiger partial charge in [-0.2, -0.15) is 5.10 Å². The summed E-state index contributed by atoms with van der Waals surface area (Å²) in [5.74, 6) is 0.675. The number of hydrogen-bond acceptors (Lipinski definition) is 3. The van der Waals surface area contributed by atoms with E-state index in [1.807, 2.05) is 18.8 Å². The highest BCUT2D eigenvalue weighted by Crippen LogP contribution is 2.25. The van der Waals surface area contributed by atoms with Gasteiger partial charge in [0.15, 0.2) is 0 Å². The van der Waals surface area contributed by atoms with Gasteiger partial charge in [0.1, 0.15) is 12.0 Å². The molecule has 0 bridgehead atoms. The first kappa shape index (κ1) is 10.9. The summed E-state index contributed by atoms with van der Waals surface area (Å²) in [4.78, 5) is 4.20. The largest absolute Gasteiger partial charge is 0.271 e. The molecule has 0 saturated heterocycles. The van der Waals surface area contributed by atoms with Crippen LogP contribution in [0.3, 0.4) is 0 Å². The number of hydrogen-bond donors (Lipinski definition) is 0. The van der Waals surface area contributed by atoms with E-state index < -0.39 is 0 Å². The summed E-state index contributed by atoms with van der Waals surface area (Å²) in [6, 6.07) is 2.05. The van der Waals surface area contributed by atoms with E-state index in [4.69, 9.17) is 0 Å². The molecule has 0 aliphatic heterocycles. The molecule has 0 fully saturated rings. The lowest BCUT2D eigenvalue weighted by Crippen LogP contribution is -2.16. The maximum Gasteiger partial charge on any atom is 0.201 e. The van der Waals surface area contributed by atoms with Gasteiger partial charge < -0.3 is 0 Å². The average molecular weight is 219 g/mol. The second-order valence-corrected chi connectivity index (χ2v) is 5.03. The van der Waals surface area contributed by atoms with Crippen molar-refractivity contribution < 1.29 is 0 Å². The van der Waals surface area contributed by atoms with Crippen molar-refractivity contribution in [1.29, 1.82) is 0 Å². The molecule has 0 unspecified atom stereocenters. The molecule has 0 saturated carbocycles. The number of aryl methyl sites for hydroxylation is 2. The summed E-state index contributed by atoms with van der Waals surface area (Å²) >= 11 is 0. The fourth-order valence-corrected chi connectivity index (χ4v) is 1.74. The third kappa shape index (κ3) is 1.85. The predicted octanol–water partition coefficient (Wildman–Crippen LogP) is 1.51. The van der Waals surface area contributed by atoms with E-state index in [9.17, 15) is 0 Å². The highest BCUT2D eigenvalue weighted by atomic mass is 15.3. The maximum absolute atomic E-state index is 4.44. The first-order valence-electron chi connectivity index (χ1n) is 5.28. The molecule has 0 aliphatic rings. The van der Waals surface area contributed by atoms with Crippen LogP contribution in [0.5, 0.6) is 0 Å². The third-order valence-corrected chi connectivity index (χ3v) is 2.48. The van der Waals surface area contributed by atoms with Crippen LogP contribution in [0.25, 0.3) is 11.5 Å². The molecule has 2 rings (SSSR count). The topological polar surface area (TPSA) is 48.5 Å². The molecule has 5 nitrogen and oxygen atoms in total. The average Bonchev–Trinajstić information content (AvgIpc) is 2.70. The van der Waals surface area contributed by atoms with Crippen molar-refractivity contribution in [3.63, 3.8) is 0 Å². The highest BCUT2D eigenvalue weighted by Gasteiger charge is 2.20. The third-order valence-electron chi connectivity index (χ3n) is 2.48. The molecule has 86 valence electrons. The van der Waals surface area contributed by atoms with Crippen LogP contribution in [-0.4, -0.2) is 24.5 Å². The molecule has 0 aliphatic carbocycles. The van der Waals surface area contributed by atoms with E-state index in [0.29, 0.717) is 5.82 Å². The summed E-state index contributed by atoms with van der Waals surface area (Å²) in [5, 5.41) is 8.69. The fourth-order valence-electron chi connectivity index (χ4n) is 1.74. The minimum absolute atomic E-state index is 0.0782. The minimum Gasteiger partial charge on any atom is -0.271 e. The zero-order valence-electron chi connectivity index (χ0n) is 10.4. The summed E-state index contributed by atoms with van der Waals surface area (Å²) in [6.07, 6.45) is 1.68. The van der Waals surface area contributed by atoms with E-state index >= 15 is 0 Å². The summed E-state index contributed by atoms with van der Waals surface area (Å²) in [7, 11) is 3.80. The van der Waals surface area contributed by atoms with Crippen LogP contribution in [0.1, 0.15) is 26.5 Å². The highest BCUT2D eigenvalue weighted by molar-refractivity contribution is 5.49. The molecule has 0 atom stereocenters. The molecule has 5 heteroatoms. The van der Waals surface area contributed by atoms with Gasteiger partial charge in [0.25, 0.3) is 0 Å². The molecule has 0 amide bonds. The quantitative estimate of drug-likeness (QED) is 0.730. The number of aromatic nitrogens is 5. The maximum atomic E-state index is 4.44. The van der Waals surface area contributed by atoms with E-state index in [-0.39, 0.29) is 5.41 Å².